The van der Waals surface area contributed by atoms with Gasteiger partial charge in [-0.15, -0.1) is 13.2 Å². The molecule has 0 amide bonds. The van der Waals surface area contributed by atoms with Crippen LogP contribution >= 0.6 is 0 Å². The van der Waals surface area contributed by atoms with Gasteiger partial charge in [0.1, 0.15) is 0 Å². The summed E-state index contributed by atoms with van der Waals surface area (Å²) in [7, 11) is 1.81. The van der Waals surface area contributed by atoms with Crippen molar-refractivity contribution in [3.05, 3.63) is 25.3 Å². The first kappa shape index (κ1) is 23.2. The molecule has 1 N–H and O–H groups in total. The number of rotatable bonds is 10. The topological polar surface area (TPSA) is 57.2 Å². The normalized spacial score (nSPS) is 17.1. The molecule has 0 bridgehead atoms. The molecule has 1 aliphatic rings. The fourth-order valence-corrected chi connectivity index (χ4v) is 3.58. The molecule has 1 unspecified atom stereocenters. The van der Waals surface area contributed by atoms with E-state index in [0.29, 0.717) is 18.6 Å². The maximum Gasteiger partial charge on any atom is 0.309 e. The lowest BCUT2D eigenvalue weighted by Crippen LogP contribution is -2.52. The number of carbonyl (C=O) groups is 1. The summed E-state index contributed by atoms with van der Waals surface area (Å²) < 4.78 is 5.16. The van der Waals surface area contributed by atoms with Gasteiger partial charge in [-0.2, -0.15) is 0 Å². The van der Waals surface area contributed by atoms with E-state index in [0.717, 1.165) is 51.5 Å². The molecule has 1 rings (SSSR count). The summed E-state index contributed by atoms with van der Waals surface area (Å²) in [4.78, 5) is 21.0. The number of likely N-dealkylation sites (tertiary alicyclic amines) is 1. The van der Waals surface area contributed by atoms with Gasteiger partial charge >= 0.3 is 5.97 Å². The van der Waals surface area contributed by atoms with Crippen molar-refractivity contribution in [2.45, 2.75) is 39.7 Å². The summed E-state index contributed by atoms with van der Waals surface area (Å²) in [5.74, 6) is 1.34. The quantitative estimate of drug-likeness (QED) is 0.274. The van der Waals surface area contributed by atoms with Crippen LogP contribution in [0.2, 0.25) is 0 Å². The maximum atomic E-state index is 11.9. The van der Waals surface area contributed by atoms with Crippen molar-refractivity contribution in [1.29, 1.82) is 0 Å². The average Bonchev–Trinajstić information content (AvgIpc) is 2.65. The first-order valence-corrected chi connectivity index (χ1v) is 10.1. The third kappa shape index (κ3) is 7.37. The lowest BCUT2D eigenvalue weighted by atomic mass is 9.97. The van der Waals surface area contributed by atoms with Crippen LogP contribution in [-0.2, 0) is 9.53 Å². The Labute approximate surface area is 165 Å². The van der Waals surface area contributed by atoms with Crippen LogP contribution in [0.5, 0.6) is 0 Å². The summed E-state index contributed by atoms with van der Waals surface area (Å²) in [6.07, 6.45) is 5.50. The van der Waals surface area contributed by atoms with E-state index in [9.17, 15) is 4.79 Å². The predicted octanol–water partition coefficient (Wildman–Crippen LogP) is 2.54. The highest BCUT2D eigenvalue weighted by molar-refractivity contribution is 5.80. The second-order valence-corrected chi connectivity index (χ2v) is 7.28. The number of guanidine groups is 1. The van der Waals surface area contributed by atoms with E-state index in [1.165, 1.54) is 0 Å². The number of hydrogen-bond donors (Lipinski definition) is 1. The van der Waals surface area contributed by atoms with Crippen LogP contribution in [0, 0.1) is 11.8 Å². The minimum absolute atomic E-state index is 0.0124. The number of nitrogens with one attached hydrogen (secondary N) is 1. The molecule has 0 saturated carbocycles. The summed E-state index contributed by atoms with van der Waals surface area (Å²) >= 11 is 0. The van der Waals surface area contributed by atoms with Crippen LogP contribution in [0.25, 0.3) is 0 Å². The van der Waals surface area contributed by atoms with E-state index in [4.69, 9.17) is 4.74 Å². The molecular weight excluding hydrogens is 340 g/mol. The highest BCUT2D eigenvalue weighted by atomic mass is 16.5. The van der Waals surface area contributed by atoms with Crippen molar-refractivity contribution in [1.82, 2.24) is 15.1 Å². The Morgan fingerprint density at radius 3 is 2.33 bits per heavy atom. The zero-order chi connectivity index (χ0) is 20.2. The summed E-state index contributed by atoms with van der Waals surface area (Å²) in [6, 6.07) is 0.356. The molecule has 0 aromatic rings. The first-order chi connectivity index (χ1) is 13.0. The zero-order valence-corrected chi connectivity index (χ0v) is 17.6. The Morgan fingerprint density at radius 1 is 1.30 bits per heavy atom. The monoisotopic (exact) mass is 378 g/mol. The largest absolute Gasteiger partial charge is 0.466 e. The molecule has 0 aromatic heterocycles. The van der Waals surface area contributed by atoms with Crippen molar-refractivity contribution in [3.8, 4) is 0 Å². The lowest BCUT2D eigenvalue weighted by molar-refractivity contribution is -0.149. The van der Waals surface area contributed by atoms with E-state index in [-0.39, 0.29) is 11.9 Å². The van der Waals surface area contributed by atoms with Gasteiger partial charge in [-0.25, -0.2) is 0 Å². The summed E-state index contributed by atoms with van der Waals surface area (Å²) in [5.41, 5.74) is 0. The number of hydrogen-bond acceptors (Lipinski definition) is 4. The molecule has 0 aromatic carbocycles. The number of esters is 1. The predicted molar refractivity (Wildman–Crippen MR) is 113 cm³/mol. The van der Waals surface area contributed by atoms with Crippen LogP contribution in [0.15, 0.2) is 30.3 Å². The van der Waals surface area contributed by atoms with Gasteiger partial charge in [0, 0.05) is 45.8 Å². The van der Waals surface area contributed by atoms with Crippen molar-refractivity contribution in [3.63, 3.8) is 0 Å². The van der Waals surface area contributed by atoms with E-state index in [2.05, 4.69) is 47.1 Å². The number of piperidine rings is 1. The molecule has 1 aliphatic heterocycles. The van der Waals surface area contributed by atoms with Crippen LogP contribution in [-0.4, -0.2) is 74.1 Å². The first-order valence-electron chi connectivity index (χ1n) is 10.1. The molecule has 1 atom stereocenters. The molecule has 1 fully saturated rings. The molecule has 1 heterocycles. The molecule has 154 valence electrons. The zero-order valence-electron chi connectivity index (χ0n) is 17.6. The fraction of sp³-hybridized carbons (Fsp3) is 0.714. The molecule has 27 heavy (non-hydrogen) atoms. The van der Waals surface area contributed by atoms with Gasteiger partial charge < -0.3 is 15.0 Å². The van der Waals surface area contributed by atoms with Gasteiger partial charge in [-0.05, 0) is 25.7 Å². The third-order valence-electron chi connectivity index (χ3n) is 5.06. The molecular formula is C21H38N4O2. The molecule has 6 nitrogen and oxygen atoms in total. The van der Waals surface area contributed by atoms with Crippen molar-refractivity contribution in [2.75, 3.05) is 46.4 Å². The SMILES string of the molecule is C=CCN(CC=C)C(CNC(=NC)N1CCC(C(=O)OCC)CC1)C(C)C. The molecule has 6 heteroatoms. The lowest BCUT2D eigenvalue weighted by Gasteiger charge is -2.36. The van der Waals surface area contributed by atoms with E-state index >= 15 is 0 Å². The number of nitrogens with zero attached hydrogens (tertiary/aromatic N) is 3. The summed E-state index contributed by atoms with van der Waals surface area (Å²) in [6.45, 7) is 18.6. The van der Waals surface area contributed by atoms with E-state index < -0.39 is 0 Å². The van der Waals surface area contributed by atoms with Crippen molar-refractivity contribution >= 4 is 11.9 Å². The Kier molecular flexibility index (Phi) is 10.8. The fourth-order valence-electron chi connectivity index (χ4n) is 3.58. The van der Waals surface area contributed by atoms with Gasteiger partial charge in [0.2, 0.25) is 0 Å². The number of aliphatic imine (C=N–C) groups is 1. The van der Waals surface area contributed by atoms with Gasteiger partial charge in [0.25, 0.3) is 0 Å². The van der Waals surface area contributed by atoms with Crippen LogP contribution in [0.4, 0.5) is 0 Å². The van der Waals surface area contributed by atoms with Crippen LogP contribution in [0.3, 0.4) is 0 Å². The van der Waals surface area contributed by atoms with Gasteiger partial charge in [0.05, 0.1) is 12.5 Å². The Morgan fingerprint density at radius 2 is 1.89 bits per heavy atom. The average molecular weight is 379 g/mol. The Balaban J connectivity index is 2.63. The third-order valence-corrected chi connectivity index (χ3v) is 5.06. The smallest absolute Gasteiger partial charge is 0.309 e. The number of carbonyl (C=O) groups excluding carboxylic acids is 1. The standard InChI is InChI=1S/C21H38N4O2/c1-7-12-24(13-8-2)19(17(4)5)16-23-21(22-6)25-14-10-18(11-15-25)20(26)27-9-3/h7-8,17-19H,1-2,9-16H2,3-6H3,(H,22,23). The van der Waals surface area contributed by atoms with Crippen molar-refractivity contribution < 1.29 is 9.53 Å². The second kappa shape index (κ2) is 12.5. The molecule has 0 spiro atoms. The Bertz CT molecular complexity index is 486. The van der Waals surface area contributed by atoms with Gasteiger partial charge in [-0.3, -0.25) is 14.7 Å². The molecule has 0 radical (unpaired) electrons. The van der Waals surface area contributed by atoms with Crippen molar-refractivity contribution in [2.24, 2.45) is 16.8 Å². The second-order valence-electron chi connectivity index (χ2n) is 7.28. The molecule has 0 aliphatic carbocycles. The molecule has 1 saturated heterocycles. The van der Waals surface area contributed by atoms with Crippen LogP contribution < -0.4 is 5.32 Å². The van der Waals surface area contributed by atoms with Gasteiger partial charge in [-0.1, -0.05) is 26.0 Å². The summed E-state index contributed by atoms with van der Waals surface area (Å²) in [5, 5.41) is 3.54. The van der Waals surface area contributed by atoms with E-state index in [1.807, 2.05) is 26.1 Å². The van der Waals surface area contributed by atoms with Gasteiger partial charge in [0.15, 0.2) is 5.96 Å². The maximum absolute atomic E-state index is 11.9. The van der Waals surface area contributed by atoms with E-state index in [1.54, 1.807) is 0 Å². The van der Waals surface area contributed by atoms with Crippen LogP contribution in [0.1, 0.15) is 33.6 Å². The highest BCUT2D eigenvalue weighted by Crippen LogP contribution is 2.19. The Hall–Kier alpha value is -1.82. The minimum atomic E-state index is -0.0653. The highest BCUT2D eigenvalue weighted by Gasteiger charge is 2.28. The minimum Gasteiger partial charge on any atom is -0.466 e. The number of ether oxygens (including phenoxy) is 1.